The summed E-state index contributed by atoms with van der Waals surface area (Å²) in [5.41, 5.74) is 0.00515. The lowest BCUT2D eigenvalue weighted by Gasteiger charge is -2.24. The summed E-state index contributed by atoms with van der Waals surface area (Å²) in [6.07, 6.45) is -4.71. The highest BCUT2D eigenvalue weighted by Crippen LogP contribution is 2.39. The third-order valence-corrected chi connectivity index (χ3v) is 3.49. The molecule has 0 fully saturated rings. The maximum absolute atomic E-state index is 13.2. The number of methoxy groups -OCH3 is 2. The molecule has 0 aliphatic rings. The summed E-state index contributed by atoms with van der Waals surface area (Å²) in [7, 11) is 2.72. The van der Waals surface area contributed by atoms with Gasteiger partial charge in [-0.1, -0.05) is 0 Å². The first-order valence-electron chi connectivity index (χ1n) is 7.23. The quantitative estimate of drug-likeness (QED) is 0.868. The van der Waals surface area contributed by atoms with Gasteiger partial charge in [0, 0.05) is 18.5 Å². The van der Waals surface area contributed by atoms with Crippen LogP contribution in [0.25, 0.3) is 10.9 Å². The highest BCUT2D eigenvalue weighted by atomic mass is 19.4. The summed E-state index contributed by atoms with van der Waals surface area (Å²) in [5.74, 6) is -0.810. The molecule has 2 rings (SSSR count). The van der Waals surface area contributed by atoms with Crippen molar-refractivity contribution in [1.82, 2.24) is 9.97 Å². The average Bonchev–Trinajstić information content (AvgIpc) is 2.56. The molecule has 0 spiro atoms. The van der Waals surface area contributed by atoms with Crippen molar-refractivity contribution in [3.8, 4) is 11.5 Å². The average molecular weight is 345 g/mol. The van der Waals surface area contributed by atoms with Crippen LogP contribution in [0.4, 0.5) is 19.0 Å². The third kappa shape index (κ3) is 3.30. The van der Waals surface area contributed by atoms with Crippen LogP contribution in [0.2, 0.25) is 0 Å². The van der Waals surface area contributed by atoms with E-state index in [2.05, 4.69) is 9.97 Å². The zero-order valence-electron chi connectivity index (χ0n) is 13.5. The SMILES string of the molecule is CCN(CCO)c1nc(C(F)(F)F)nc2c(OC)c(OC)ccc12. The first kappa shape index (κ1) is 18.1. The van der Waals surface area contributed by atoms with E-state index < -0.39 is 12.0 Å². The minimum absolute atomic E-state index is 0.00515. The number of aliphatic hydroxyl groups is 1. The van der Waals surface area contributed by atoms with Crippen molar-refractivity contribution in [2.24, 2.45) is 0 Å². The van der Waals surface area contributed by atoms with Crippen LogP contribution in [-0.2, 0) is 6.18 Å². The third-order valence-electron chi connectivity index (χ3n) is 3.49. The highest BCUT2D eigenvalue weighted by Gasteiger charge is 2.36. The van der Waals surface area contributed by atoms with Gasteiger partial charge < -0.3 is 19.5 Å². The predicted octanol–water partition coefficient (Wildman–Crippen LogP) is 2.48. The number of anilines is 1. The molecule has 6 nitrogen and oxygen atoms in total. The van der Waals surface area contributed by atoms with Crippen molar-refractivity contribution in [1.29, 1.82) is 0 Å². The number of ether oxygens (including phenoxy) is 2. The lowest BCUT2D eigenvalue weighted by molar-refractivity contribution is -0.144. The molecule has 1 heterocycles. The maximum Gasteiger partial charge on any atom is 0.451 e. The van der Waals surface area contributed by atoms with E-state index in [0.717, 1.165) is 0 Å². The van der Waals surface area contributed by atoms with Crippen molar-refractivity contribution in [3.63, 3.8) is 0 Å². The van der Waals surface area contributed by atoms with E-state index >= 15 is 0 Å². The van der Waals surface area contributed by atoms with E-state index in [-0.39, 0.29) is 36.0 Å². The molecule has 9 heteroatoms. The fourth-order valence-electron chi connectivity index (χ4n) is 2.40. The summed E-state index contributed by atoms with van der Waals surface area (Å²) < 4.78 is 49.9. The van der Waals surface area contributed by atoms with E-state index in [1.807, 2.05) is 0 Å². The van der Waals surface area contributed by atoms with E-state index in [1.165, 1.54) is 14.2 Å². The van der Waals surface area contributed by atoms with Gasteiger partial charge in [0.1, 0.15) is 11.3 Å². The summed E-state index contributed by atoms with van der Waals surface area (Å²) in [5, 5.41) is 9.55. The maximum atomic E-state index is 13.2. The molecule has 0 amide bonds. The molecular formula is C15H18F3N3O3. The van der Waals surface area contributed by atoms with Crippen LogP contribution < -0.4 is 14.4 Å². The molecule has 132 valence electrons. The smallest absolute Gasteiger partial charge is 0.451 e. The Kier molecular flexibility index (Phi) is 5.33. The number of aromatic nitrogens is 2. The molecule has 1 aromatic heterocycles. The van der Waals surface area contributed by atoms with Gasteiger partial charge in [-0.05, 0) is 19.1 Å². The zero-order chi connectivity index (χ0) is 17.9. The van der Waals surface area contributed by atoms with Gasteiger partial charge in [0.25, 0.3) is 0 Å². The molecular weight excluding hydrogens is 327 g/mol. The first-order valence-corrected chi connectivity index (χ1v) is 7.23. The number of benzene rings is 1. The Balaban J connectivity index is 2.84. The van der Waals surface area contributed by atoms with E-state index in [9.17, 15) is 13.2 Å². The van der Waals surface area contributed by atoms with Crippen LogP contribution in [0.3, 0.4) is 0 Å². The van der Waals surface area contributed by atoms with Gasteiger partial charge >= 0.3 is 6.18 Å². The van der Waals surface area contributed by atoms with Crippen molar-refractivity contribution in [3.05, 3.63) is 18.0 Å². The normalized spacial score (nSPS) is 11.6. The number of halogens is 3. The topological polar surface area (TPSA) is 67.7 Å². The molecule has 24 heavy (non-hydrogen) atoms. The molecule has 0 radical (unpaired) electrons. The van der Waals surface area contributed by atoms with Crippen molar-refractivity contribution < 1.29 is 27.8 Å². The summed E-state index contributed by atoms with van der Waals surface area (Å²) in [6, 6.07) is 3.15. The van der Waals surface area contributed by atoms with Gasteiger partial charge in [0.15, 0.2) is 11.5 Å². The number of nitrogens with zero attached hydrogens (tertiary/aromatic N) is 3. The number of aliphatic hydroxyl groups excluding tert-OH is 1. The molecule has 2 aromatic rings. The van der Waals surface area contributed by atoms with Gasteiger partial charge in [-0.3, -0.25) is 0 Å². The summed E-state index contributed by atoms with van der Waals surface area (Å²) >= 11 is 0. The van der Waals surface area contributed by atoms with E-state index in [0.29, 0.717) is 11.9 Å². The molecule has 0 aliphatic heterocycles. The van der Waals surface area contributed by atoms with E-state index in [1.54, 1.807) is 24.0 Å². The van der Waals surface area contributed by atoms with Gasteiger partial charge in [-0.15, -0.1) is 0 Å². The standard InChI is InChI=1S/C15H18F3N3O3/c1-4-21(7-8-22)13-9-5-6-10(23-2)12(24-3)11(9)19-14(20-13)15(16,17)18/h5-6,22H,4,7-8H2,1-3H3. The van der Waals surface area contributed by atoms with Crippen LogP contribution in [-0.4, -0.2) is 49.0 Å². The Bertz CT molecular complexity index is 722. The van der Waals surface area contributed by atoms with Gasteiger partial charge in [0.05, 0.1) is 20.8 Å². The first-order chi connectivity index (χ1) is 11.4. The largest absolute Gasteiger partial charge is 0.493 e. The fourth-order valence-corrected chi connectivity index (χ4v) is 2.40. The zero-order valence-corrected chi connectivity index (χ0v) is 13.5. The van der Waals surface area contributed by atoms with Gasteiger partial charge in [0.2, 0.25) is 5.82 Å². The molecule has 0 aliphatic carbocycles. The second-order valence-electron chi connectivity index (χ2n) is 4.87. The Labute approximate surface area is 136 Å². The second-order valence-corrected chi connectivity index (χ2v) is 4.87. The Morgan fingerprint density at radius 3 is 2.38 bits per heavy atom. The number of fused-ring (bicyclic) bond motifs is 1. The van der Waals surface area contributed by atoms with Gasteiger partial charge in [-0.25, -0.2) is 9.97 Å². The Morgan fingerprint density at radius 2 is 1.88 bits per heavy atom. The van der Waals surface area contributed by atoms with Crippen LogP contribution in [0, 0.1) is 0 Å². The van der Waals surface area contributed by atoms with Crippen molar-refractivity contribution in [2.75, 3.05) is 38.8 Å². The van der Waals surface area contributed by atoms with Gasteiger partial charge in [-0.2, -0.15) is 13.2 Å². The molecule has 0 saturated carbocycles. The molecule has 0 unspecified atom stereocenters. The Morgan fingerprint density at radius 1 is 1.17 bits per heavy atom. The van der Waals surface area contributed by atoms with Crippen LogP contribution >= 0.6 is 0 Å². The molecule has 0 bridgehead atoms. The molecule has 1 aromatic carbocycles. The second kappa shape index (κ2) is 7.08. The van der Waals surface area contributed by atoms with Crippen molar-refractivity contribution in [2.45, 2.75) is 13.1 Å². The summed E-state index contributed by atoms with van der Waals surface area (Å²) in [4.78, 5) is 8.86. The number of alkyl halides is 3. The number of likely N-dealkylation sites (N-methyl/N-ethyl adjacent to an activating group) is 1. The lowest BCUT2D eigenvalue weighted by Crippen LogP contribution is -2.28. The molecule has 0 atom stereocenters. The predicted molar refractivity (Wildman–Crippen MR) is 82.6 cm³/mol. The summed E-state index contributed by atoms with van der Waals surface area (Å²) in [6.45, 7) is 2.07. The highest BCUT2D eigenvalue weighted by molar-refractivity contribution is 5.95. The van der Waals surface area contributed by atoms with Crippen LogP contribution in [0.5, 0.6) is 11.5 Å². The fraction of sp³-hybridized carbons (Fsp3) is 0.467. The number of rotatable bonds is 6. The minimum atomic E-state index is -4.71. The monoisotopic (exact) mass is 345 g/mol. The lowest BCUT2D eigenvalue weighted by atomic mass is 10.2. The van der Waals surface area contributed by atoms with Crippen molar-refractivity contribution >= 4 is 16.7 Å². The number of hydrogen-bond donors (Lipinski definition) is 1. The Hall–Kier alpha value is -2.29. The van der Waals surface area contributed by atoms with E-state index in [4.69, 9.17) is 14.6 Å². The molecule has 1 N–H and O–H groups in total. The minimum Gasteiger partial charge on any atom is -0.493 e. The molecule has 0 saturated heterocycles. The van der Waals surface area contributed by atoms with Crippen LogP contribution in [0.15, 0.2) is 12.1 Å². The number of hydrogen-bond acceptors (Lipinski definition) is 6. The van der Waals surface area contributed by atoms with Crippen LogP contribution in [0.1, 0.15) is 12.7 Å².